The Kier molecular flexibility index (Phi) is 8.13. The lowest BCUT2D eigenvalue weighted by Crippen LogP contribution is -2.26. The van der Waals surface area contributed by atoms with Gasteiger partial charge in [-0.1, -0.05) is 164 Å². The van der Waals surface area contributed by atoms with Gasteiger partial charge in [0.1, 0.15) is 11.3 Å². The number of anilines is 6. The second-order valence-electron chi connectivity index (χ2n) is 16.8. The van der Waals surface area contributed by atoms with Gasteiger partial charge in [0.25, 0.3) is 0 Å². The molecule has 2 aliphatic carbocycles. The van der Waals surface area contributed by atoms with Gasteiger partial charge in [0, 0.05) is 50.3 Å². The minimum Gasteiger partial charge on any atom is -0.456 e. The minimum atomic E-state index is -0.649. The first-order valence-corrected chi connectivity index (χ1v) is 22.0. The SMILES string of the molecule is c1ccc(-c2ccc(N(c3ccc4c(c3)C3(c5ccccc5-c5cc(N(c6ccccc6)c6ccccc6)ccc53)c3c-4oc4ccccc34)c3cccc4ccccc34)cc2)cc1. The van der Waals surface area contributed by atoms with Crippen molar-refractivity contribution in [3.8, 4) is 33.6 Å². The summed E-state index contributed by atoms with van der Waals surface area (Å²) in [6.45, 7) is 0. The average molecular weight is 817 g/mol. The summed E-state index contributed by atoms with van der Waals surface area (Å²) in [5.74, 6) is 0.939. The number of hydrogen-bond donors (Lipinski definition) is 0. The van der Waals surface area contributed by atoms with Crippen LogP contribution in [0.3, 0.4) is 0 Å². The van der Waals surface area contributed by atoms with Crippen LogP contribution < -0.4 is 9.80 Å². The monoisotopic (exact) mass is 816 g/mol. The number of nitrogens with zero attached hydrogens (tertiary/aromatic N) is 2. The maximum Gasteiger partial charge on any atom is 0.140 e. The largest absolute Gasteiger partial charge is 0.456 e. The molecule has 300 valence electrons. The van der Waals surface area contributed by atoms with Crippen LogP contribution in [0.25, 0.3) is 55.3 Å². The Bertz CT molecular complexity index is 3510. The summed E-state index contributed by atoms with van der Waals surface area (Å²) in [7, 11) is 0. The van der Waals surface area contributed by atoms with Crippen LogP contribution in [0.1, 0.15) is 22.3 Å². The van der Waals surface area contributed by atoms with E-state index in [9.17, 15) is 0 Å². The molecule has 3 nitrogen and oxygen atoms in total. The van der Waals surface area contributed by atoms with E-state index in [4.69, 9.17) is 4.42 Å². The molecule has 64 heavy (non-hydrogen) atoms. The molecule has 0 saturated heterocycles. The number of rotatable bonds is 7. The van der Waals surface area contributed by atoms with Crippen molar-refractivity contribution in [2.24, 2.45) is 0 Å². The summed E-state index contributed by atoms with van der Waals surface area (Å²) in [6, 6.07) is 88.1. The van der Waals surface area contributed by atoms with E-state index in [0.29, 0.717) is 0 Å². The van der Waals surface area contributed by atoms with Gasteiger partial charge in [-0.3, -0.25) is 0 Å². The standard InChI is InChI=1S/C61H40N2O/c1-4-17-41(18-5-1)42-31-33-46(34-32-42)63(57-29-16-20-43-19-10-11-25-49(43)57)48-35-37-51-56(40-48)61(59-52-27-13-15-30-58(52)64-60(51)59)54-28-14-12-26-50(54)53-39-47(36-38-55(53)61)62(44-21-6-2-7-22-44)45-23-8-3-9-24-45/h1-40H. The molecular formula is C61H40N2O. The number of fused-ring (bicyclic) bond motifs is 13. The normalized spacial score (nSPS) is 14.3. The minimum absolute atomic E-state index is 0.649. The van der Waals surface area contributed by atoms with E-state index in [1.807, 2.05) is 0 Å². The van der Waals surface area contributed by atoms with E-state index < -0.39 is 5.41 Å². The predicted molar refractivity (Wildman–Crippen MR) is 265 cm³/mol. The maximum absolute atomic E-state index is 6.99. The highest BCUT2D eigenvalue weighted by molar-refractivity contribution is 6.04. The first kappa shape index (κ1) is 36.3. The Hall–Kier alpha value is -8.40. The quantitative estimate of drug-likeness (QED) is 0.160. The molecule has 0 radical (unpaired) electrons. The van der Waals surface area contributed by atoms with Gasteiger partial charge in [-0.05, 0) is 123 Å². The summed E-state index contributed by atoms with van der Waals surface area (Å²) in [5, 5.41) is 3.53. The highest BCUT2D eigenvalue weighted by Crippen LogP contribution is 2.66. The zero-order valence-corrected chi connectivity index (χ0v) is 34.9. The Morgan fingerprint density at radius 1 is 0.328 bits per heavy atom. The molecule has 10 aromatic carbocycles. The van der Waals surface area contributed by atoms with E-state index in [2.05, 4.69) is 252 Å². The molecule has 1 atom stereocenters. The smallest absolute Gasteiger partial charge is 0.140 e. The molecule has 1 aromatic heterocycles. The van der Waals surface area contributed by atoms with Crippen molar-refractivity contribution in [2.75, 3.05) is 9.80 Å². The van der Waals surface area contributed by atoms with Crippen LogP contribution in [-0.4, -0.2) is 0 Å². The van der Waals surface area contributed by atoms with Gasteiger partial charge in [-0.2, -0.15) is 0 Å². The van der Waals surface area contributed by atoms with E-state index in [1.54, 1.807) is 0 Å². The molecule has 1 heterocycles. The second-order valence-corrected chi connectivity index (χ2v) is 16.8. The summed E-state index contributed by atoms with van der Waals surface area (Å²) < 4.78 is 6.99. The molecule has 3 heteroatoms. The van der Waals surface area contributed by atoms with Crippen LogP contribution >= 0.6 is 0 Å². The van der Waals surface area contributed by atoms with E-state index >= 15 is 0 Å². The van der Waals surface area contributed by atoms with Crippen LogP contribution in [0.15, 0.2) is 247 Å². The van der Waals surface area contributed by atoms with E-state index in [-0.39, 0.29) is 0 Å². The zero-order valence-electron chi connectivity index (χ0n) is 34.9. The van der Waals surface area contributed by atoms with Crippen molar-refractivity contribution < 1.29 is 4.42 Å². The fourth-order valence-electron chi connectivity index (χ4n) is 10.8. The molecular weight excluding hydrogens is 777 g/mol. The molecule has 2 aliphatic rings. The van der Waals surface area contributed by atoms with E-state index in [1.165, 1.54) is 55.3 Å². The zero-order chi connectivity index (χ0) is 42.2. The van der Waals surface area contributed by atoms with Crippen LogP contribution in [0.5, 0.6) is 0 Å². The molecule has 0 bridgehead atoms. The Morgan fingerprint density at radius 2 is 0.891 bits per heavy atom. The van der Waals surface area contributed by atoms with Crippen LogP contribution in [0.2, 0.25) is 0 Å². The molecule has 0 aliphatic heterocycles. The molecule has 0 N–H and O–H groups in total. The summed E-state index contributed by atoms with van der Waals surface area (Å²) in [6.07, 6.45) is 0. The van der Waals surface area contributed by atoms with Crippen LogP contribution in [0, 0.1) is 0 Å². The predicted octanol–water partition coefficient (Wildman–Crippen LogP) is 16.5. The lowest BCUT2D eigenvalue weighted by Gasteiger charge is -2.32. The van der Waals surface area contributed by atoms with Crippen LogP contribution in [-0.2, 0) is 5.41 Å². The highest BCUT2D eigenvalue weighted by atomic mass is 16.3. The van der Waals surface area contributed by atoms with Gasteiger partial charge in [0.05, 0.1) is 11.1 Å². The number of hydrogen-bond acceptors (Lipinski definition) is 3. The highest BCUT2D eigenvalue weighted by Gasteiger charge is 2.54. The number of benzene rings is 10. The van der Waals surface area contributed by atoms with Crippen molar-refractivity contribution in [1.82, 2.24) is 0 Å². The van der Waals surface area contributed by atoms with Gasteiger partial charge >= 0.3 is 0 Å². The van der Waals surface area contributed by atoms with Crippen LogP contribution in [0.4, 0.5) is 34.1 Å². The van der Waals surface area contributed by atoms with Gasteiger partial charge in [-0.15, -0.1) is 0 Å². The van der Waals surface area contributed by atoms with Gasteiger partial charge in [0.2, 0.25) is 0 Å². The fraction of sp³-hybridized carbons (Fsp3) is 0.0164. The van der Waals surface area contributed by atoms with Crippen molar-refractivity contribution >= 4 is 55.9 Å². The van der Waals surface area contributed by atoms with Gasteiger partial charge in [0.15, 0.2) is 0 Å². The lowest BCUT2D eigenvalue weighted by molar-refractivity contribution is 0.628. The third-order valence-corrected chi connectivity index (χ3v) is 13.4. The van der Waals surface area contributed by atoms with Crippen molar-refractivity contribution in [3.63, 3.8) is 0 Å². The Morgan fingerprint density at radius 3 is 1.67 bits per heavy atom. The maximum atomic E-state index is 6.99. The van der Waals surface area contributed by atoms with Crippen molar-refractivity contribution in [2.45, 2.75) is 5.41 Å². The topological polar surface area (TPSA) is 19.6 Å². The lowest BCUT2D eigenvalue weighted by atomic mass is 9.70. The molecule has 1 spiro atoms. The number of furan rings is 1. The van der Waals surface area contributed by atoms with Crippen molar-refractivity contribution in [3.05, 3.63) is 265 Å². The first-order valence-electron chi connectivity index (χ1n) is 22.0. The summed E-state index contributed by atoms with van der Waals surface area (Å²) >= 11 is 0. The Labute approximate surface area is 372 Å². The molecule has 11 aromatic rings. The first-order chi connectivity index (χ1) is 31.8. The molecule has 0 amide bonds. The third-order valence-electron chi connectivity index (χ3n) is 13.4. The third kappa shape index (κ3) is 5.34. The second kappa shape index (κ2) is 14.3. The molecule has 0 saturated carbocycles. The average Bonchev–Trinajstić information content (AvgIpc) is 3.99. The summed E-state index contributed by atoms with van der Waals surface area (Å²) in [5.41, 5.74) is 17.8. The van der Waals surface area contributed by atoms with E-state index in [0.717, 1.165) is 56.4 Å². The fourth-order valence-corrected chi connectivity index (χ4v) is 10.8. The molecule has 13 rings (SSSR count). The Balaban J connectivity index is 1.07. The summed E-state index contributed by atoms with van der Waals surface area (Å²) in [4.78, 5) is 4.80. The van der Waals surface area contributed by atoms with Crippen molar-refractivity contribution in [1.29, 1.82) is 0 Å². The number of para-hydroxylation sites is 3. The molecule has 1 unspecified atom stereocenters. The van der Waals surface area contributed by atoms with Gasteiger partial charge < -0.3 is 14.2 Å². The van der Waals surface area contributed by atoms with Gasteiger partial charge in [-0.25, -0.2) is 0 Å². The molecule has 0 fully saturated rings.